The van der Waals surface area contributed by atoms with E-state index in [1.807, 2.05) is 60.4 Å². The van der Waals surface area contributed by atoms with Crippen molar-refractivity contribution in [2.45, 2.75) is 26.3 Å². The van der Waals surface area contributed by atoms with Crippen molar-refractivity contribution in [2.24, 2.45) is 5.92 Å². The van der Waals surface area contributed by atoms with Gasteiger partial charge in [0.15, 0.2) is 18.1 Å². The smallest absolute Gasteiger partial charge is 0.260 e. The number of piperidine rings is 1. The van der Waals surface area contributed by atoms with Crippen LogP contribution in [0.1, 0.15) is 25.3 Å². The Morgan fingerprint density at radius 1 is 1.06 bits per heavy atom. The van der Waals surface area contributed by atoms with Gasteiger partial charge in [-0.1, -0.05) is 24.3 Å². The highest BCUT2D eigenvalue weighted by atomic mass is 16.7. The van der Waals surface area contributed by atoms with Crippen LogP contribution >= 0.6 is 0 Å². The first-order chi connectivity index (χ1) is 15.1. The minimum atomic E-state index is -0.0620. The largest absolute Gasteiger partial charge is 0.484 e. The molecule has 0 spiro atoms. The number of amides is 2. The van der Waals surface area contributed by atoms with Crippen LogP contribution in [0.25, 0.3) is 0 Å². The second-order valence-electron chi connectivity index (χ2n) is 7.80. The van der Waals surface area contributed by atoms with Crippen LogP contribution < -0.4 is 14.2 Å². The highest BCUT2D eigenvalue weighted by Gasteiger charge is 2.30. The molecule has 7 nitrogen and oxygen atoms in total. The summed E-state index contributed by atoms with van der Waals surface area (Å²) >= 11 is 0. The minimum Gasteiger partial charge on any atom is -0.484 e. The van der Waals surface area contributed by atoms with Gasteiger partial charge < -0.3 is 24.0 Å². The summed E-state index contributed by atoms with van der Waals surface area (Å²) in [7, 11) is 0. The van der Waals surface area contributed by atoms with Crippen LogP contribution in [0, 0.1) is 5.92 Å². The minimum absolute atomic E-state index is 0.0217. The van der Waals surface area contributed by atoms with E-state index in [0.29, 0.717) is 44.8 Å². The summed E-state index contributed by atoms with van der Waals surface area (Å²) in [6.07, 6.45) is 1.35. The number of hydrogen-bond acceptors (Lipinski definition) is 5. The molecule has 0 atom stereocenters. The fraction of sp³-hybridized carbons (Fsp3) is 0.417. The van der Waals surface area contributed by atoms with Gasteiger partial charge in [0, 0.05) is 32.1 Å². The Kier molecular flexibility index (Phi) is 6.60. The number of nitrogens with zero attached hydrogens (tertiary/aromatic N) is 2. The Bertz CT molecular complexity index is 909. The second kappa shape index (κ2) is 9.73. The maximum Gasteiger partial charge on any atom is 0.260 e. The van der Waals surface area contributed by atoms with E-state index in [0.717, 1.165) is 17.1 Å². The van der Waals surface area contributed by atoms with Crippen molar-refractivity contribution >= 4 is 11.8 Å². The standard InChI is InChI=1S/C24H28N2O5/c1-2-25(15-18-8-9-21-22(14-18)31-17-30-21)24(28)19-10-12-26(13-11-19)23(27)16-29-20-6-4-3-5-7-20/h3-9,14,19H,2,10-13,15-17H2,1H3. The van der Waals surface area contributed by atoms with Gasteiger partial charge >= 0.3 is 0 Å². The van der Waals surface area contributed by atoms with E-state index < -0.39 is 0 Å². The van der Waals surface area contributed by atoms with Crippen molar-refractivity contribution in [1.29, 1.82) is 0 Å². The van der Waals surface area contributed by atoms with Crippen molar-refractivity contribution in [2.75, 3.05) is 33.0 Å². The molecule has 2 heterocycles. The van der Waals surface area contributed by atoms with Gasteiger partial charge in [-0.25, -0.2) is 0 Å². The summed E-state index contributed by atoms with van der Waals surface area (Å²) in [5.74, 6) is 2.20. The maximum atomic E-state index is 13.1. The summed E-state index contributed by atoms with van der Waals surface area (Å²) in [6.45, 7) is 4.58. The number of likely N-dealkylation sites (tertiary alicyclic amines) is 1. The molecule has 31 heavy (non-hydrogen) atoms. The van der Waals surface area contributed by atoms with E-state index in [9.17, 15) is 9.59 Å². The molecule has 0 radical (unpaired) electrons. The molecule has 2 aromatic carbocycles. The van der Waals surface area contributed by atoms with Crippen molar-refractivity contribution in [3.05, 3.63) is 54.1 Å². The van der Waals surface area contributed by atoms with Crippen LogP contribution in [-0.4, -0.2) is 54.6 Å². The molecule has 0 saturated carbocycles. The molecule has 2 aromatic rings. The number of carbonyl (C=O) groups excluding carboxylic acids is 2. The molecular formula is C24H28N2O5. The van der Waals surface area contributed by atoms with Crippen LogP contribution in [0.3, 0.4) is 0 Å². The van der Waals surface area contributed by atoms with Gasteiger partial charge in [0.1, 0.15) is 5.75 Å². The van der Waals surface area contributed by atoms with E-state index in [1.54, 1.807) is 4.90 Å². The third-order valence-corrected chi connectivity index (χ3v) is 5.81. The molecule has 1 fully saturated rings. The monoisotopic (exact) mass is 424 g/mol. The first-order valence-electron chi connectivity index (χ1n) is 10.8. The molecule has 2 aliphatic heterocycles. The van der Waals surface area contributed by atoms with Crippen LogP contribution in [0.2, 0.25) is 0 Å². The lowest BCUT2D eigenvalue weighted by atomic mass is 9.95. The highest BCUT2D eigenvalue weighted by molar-refractivity contribution is 5.80. The number of hydrogen-bond donors (Lipinski definition) is 0. The Morgan fingerprint density at radius 2 is 1.81 bits per heavy atom. The summed E-state index contributed by atoms with van der Waals surface area (Å²) < 4.78 is 16.4. The summed E-state index contributed by atoms with van der Waals surface area (Å²) in [4.78, 5) is 29.2. The second-order valence-corrected chi connectivity index (χ2v) is 7.80. The molecule has 0 unspecified atom stereocenters. The Morgan fingerprint density at radius 3 is 2.55 bits per heavy atom. The molecule has 164 valence electrons. The van der Waals surface area contributed by atoms with Gasteiger partial charge in [-0.2, -0.15) is 0 Å². The van der Waals surface area contributed by atoms with Gasteiger partial charge in [-0.05, 0) is 49.6 Å². The zero-order chi connectivity index (χ0) is 21.6. The van der Waals surface area contributed by atoms with Crippen LogP contribution in [-0.2, 0) is 16.1 Å². The molecule has 0 aliphatic carbocycles. The van der Waals surface area contributed by atoms with Crippen molar-refractivity contribution < 1.29 is 23.8 Å². The molecule has 0 aromatic heterocycles. The van der Waals surface area contributed by atoms with E-state index in [4.69, 9.17) is 14.2 Å². The molecule has 7 heteroatoms. The fourth-order valence-electron chi connectivity index (χ4n) is 3.99. The topological polar surface area (TPSA) is 68.3 Å². The number of para-hydroxylation sites is 1. The molecule has 0 bridgehead atoms. The number of rotatable bonds is 7. The zero-order valence-corrected chi connectivity index (χ0v) is 17.8. The van der Waals surface area contributed by atoms with E-state index in [1.165, 1.54) is 0 Å². The van der Waals surface area contributed by atoms with Crippen LogP contribution in [0.5, 0.6) is 17.2 Å². The maximum absolute atomic E-state index is 13.1. The van der Waals surface area contributed by atoms with Gasteiger partial charge in [0.2, 0.25) is 12.7 Å². The summed E-state index contributed by atoms with van der Waals surface area (Å²) in [5.41, 5.74) is 1.02. The van der Waals surface area contributed by atoms with Gasteiger partial charge in [-0.15, -0.1) is 0 Å². The Balaban J connectivity index is 1.27. The summed E-state index contributed by atoms with van der Waals surface area (Å²) in [5, 5.41) is 0. The quantitative estimate of drug-likeness (QED) is 0.683. The van der Waals surface area contributed by atoms with E-state index in [2.05, 4.69) is 0 Å². The van der Waals surface area contributed by atoms with E-state index >= 15 is 0 Å². The van der Waals surface area contributed by atoms with Crippen molar-refractivity contribution in [3.63, 3.8) is 0 Å². The number of ether oxygens (including phenoxy) is 3. The lowest BCUT2D eigenvalue weighted by molar-refractivity contribution is -0.141. The molecule has 1 saturated heterocycles. The zero-order valence-electron chi connectivity index (χ0n) is 17.8. The average molecular weight is 424 g/mol. The molecule has 4 rings (SSSR count). The molecule has 0 N–H and O–H groups in total. The number of carbonyl (C=O) groups is 2. The number of benzene rings is 2. The normalized spacial score (nSPS) is 15.6. The predicted octanol–water partition coefficient (Wildman–Crippen LogP) is 3.08. The molecular weight excluding hydrogens is 396 g/mol. The van der Waals surface area contributed by atoms with Gasteiger partial charge in [0.05, 0.1) is 0 Å². The summed E-state index contributed by atoms with van der Waals surface area (Å²) in [6, 6.07) is 15.1. The predicted molar refractivity (Wildman–Crippen MR) is 115 cm³/mol. The van der Waals surface area contributed by atoms with Crippen molar-refractivity contribution in [1.82, 2.24) is 9.80 Å². The fourth-order valence-corrected chi connectivity index (χ4v) is 3.99. The average Bonchev–Trinajstić information content (AvgIpc) is 3.29. The highest BCUT2D eigenvalue weighted by Crippen LogP contribution is 2.33. The third-order valence-electron chi connectivity index (χ3n) is 5.81. The SMILES string of the molecule is CCN(Cc1ccc2c(c1)OCO2)C(=O)C1CCN(C(=O)COc2ccccc2)CC1. The first kappa shape index (κ1) is 21.0. The van der Waals surface area contributed by atoms with Crippen LogP contribution in [0.4, 0.5) is 0 Å². The molecule has 2 aliphatic rings. The molecule has 2 amide bonds. The van der Waals surface area contributed by atoms with Gasteiger partial charge in [-0.3, -0.25) is 9.59 Å². The van der Waals surface area contributed by atoms with E-state index in [-0.39, 0.29) is 31.1 Å². The Hall–Kier alpha value is -3.22. The van der Waals surface area contributed by atoms with Crippen LogP contribution in [0.15, 0.2) is 48.5 Å². The lowest BCUT2D eigenvalue weighted by Crippen LogP contribution is -2.45. The first-order valence-corrected chi connectivity index (χ1v) is 10.8. The lowest BCUT2D eigenvalue weighted by Gasteiger charge is -2.34. The van der Waals surface area contributed by atoms with Gasteiger partial charge in [0.25, 0.3) is 5.91 Å². The number of fused-ring (bicyclic) bond motifs is 1. The third kappa shape index (κ3) is 5.10. The Labute approximate surface area is 182 Å². The van der Waals surface area contributed by atoms with Crippen molar-refractivity contribution in [3.8, 4) is 17.2 Å².